The standard InChI is InChI=1S/C16H16FN3O3S/c1-24-14-4-2-3-13(17)15(14)16(21)19-10-9-18-11-5-7-12(8-6-11)20(22)23/h2-8,18H,9-10H2,1H3,(H,19,21). The molecule has 2 N–H and O–H groups in total. The quantitative estimate of drug-likeness (QED) is 0.347. The Labute approximate surface area is 142 Å². The van der Waals surface area contributed by atoms with Crippen LogP contribution in [0.15, 0.2) is 47.4 Å². The first-order chi connectivity index (χ1) is 11.5. The number of benzene rings is 2. The van der Waals surface area contributed by atoms with Crippen LogP contribution in [0.1, 0.15) is 10.4 Å². The molecule has 0 aliphatic carbocycles. The van der Waals surface area contributed by atoms with Gasteiger partial charge in [-0.2, -0.15) is 0 Å². The maximum atomic E-state index is 13.8. The van der Waals surface area contributed by atoms with E-state index >= 15 is 0 Å². The van der Waals surface area contributed by atoms with E-state index in [4.69, 9.17) is 0 Å². The maximum absolute atomic E-state index is 13.8. The highest BCUT2D eigenvalue weighted by Crippen LogP contribution is 2.22. The van der Waals surface area contributed by atoms with Crippen molar-refractivity contribution in [2.75, 3.05) is 24.7 Å². The molecule has 2 rings (SSSR count). The number of nitrogens with one attached hydrogen (secondary N) is 2. The first kappa shape index (κ1) is 17.7. The molecule has 0 aromatic heterocycles. The van der Waals surface area contributed by atoms with Crippen LogP contribution in [0, 0.1) is 15.9 Å². The number of anilines is 1. The van der Waals surface area contributed by atoms with E-state index < -0.39 is 16.6 Å². The molecule has 0 atom stereocenters. The van der Waals surface area contributed by atoms with Crippen molar-refractivity contribution in [2.24, 2.45) is 0 Å². The van der Waals surface area contributed by atoms with Crippen molar-refractivity contribution in [1.82, 2.24) is 5.32 Å². The molecule has 0 fully saturated rings. The summed E-state index contributed by atoms with van der Waals surface area (Å²) in [5.74, 6) is -1.02. The van der Waals surface area contributed by atoms with Crippen LogP contribution >= 0.6 is 11.8 Å². The fourth-order valence-electron chi connectivity index (χ4n) is 2.07. The number of nitrogens with zero attached hydrogens (tertiary/aromatic N) is 1. The molecule has 0 saturated carbocycles. The van der Waals surface area contributed by atoms with Gasteiger partial charge in [-0.05, 0) is 30.5 Å². The normalized spacial score (nSPS) is 10.2. The molecule has 0 unspecified atom stereocenters. The Kier molecular flexibility index (Phi) is 6.14. The van der Waals surface area contributed by atoms with E-state index in [0.29, 0.717) is 17.1 Å². The van der Waals surface area contributed by atoms with E-state index in [-0.39, 0.29) is 17.8 Å². The fraction of sp³-hybridized carbons (Fsp3) is 0.188. The lowest BCUT2D eigenvalue weighted by molar-refractivity contribution is -0.384. The number of nitro groups is 1. The van der Waals surface area contributed by atoms with Gasteiger partial charge in [-0.15, -0.1) is 11.8 Å². The summed E-state index contributed by atoms with van der Waals surface area (Å²) in [6, 6.07) is 10.5. The molecule has 126 valence electrons. The highest BCUT2D eigenvalue weighted by molar-refractivity contribution is 7.98. The van der Waals surface area contributed by atoms with Crippen LogP contribution in [-0.4, -0.2) is 30.2 Å². The van der Waals surface area contributed by atoms with Crippen molar-refractivity contribution < 1.29 is 14.1 Å². The van der Waals surface area contributed by atoms with Crippen LogP contribution in [0.25, 0.3) is 0 Å². The summed E-state index contributed by atoms with van der Waals surface area (Å²) in [6.07, 6.45) is 1.78. The molecule has 0 bridgehead atoms. The minimum atomic E-state index is -0.553. The Hall–Kier alpha value is -2.61. The summed E-state index contributed by atoms with van der Waals surface area (Å²) < 4.78 is 13.8. The summed E-state index contributed by atoms with van der Waals surface area (Å²) in [5, 5.41) is 16.2. The number of non-ortho nitro benzene ring substituents is 1. The topological polar surface area (TPSA) is 84.3 Å². The highest BCUT2D eigenvalue weighted by Gasteiger charge is 2.15. The summed E-state index contributed by atoms with van der Waals surface area (Å²) in [4.78, 5) is 22.8. The Morgan fingerprint density at radius 1 is 1.21 bits per heavy atom. The molecule has 0 radical (unpaired) electrons. The van der Waals surface area contributed by atoms with E-state index in [9.17, 15) is 19.3 Å². The van der Waals surface area contributed by atoms with E-state index in [0.717, 1.165) is 0 Å². The van der Waals surface area contributed by atoms with Gasteiger partial charge in [0, 0.05) is 35.8 Å². The average molecular weight is 349 g/mol. The second-order valence-corrected chi connectivity index (χ2v) is 5.65. The summed E-state index contributed by atoms with van der Waals surface area (Å²) in [5.41, 5.74) is 0.754. The zero-order valence-corrected chi connectivity index (χ0v) is 13.7. The lowest BCUT2D eigenvalue weighted by Gasteiger charge is -2.10. The van der Waals surface area contributed by atoms with Gasteiger partial charge in [0.15, 0.2) is 0 Å². The number of rotatable bonds is 7. The Morgan fingerprint density at radius 2 is 1.92 bits per heavy atom. The Morgan fingerprint density at radius 3 is 2.54 bits per heavy atom. The van der Waals surface area contributed by atoms with Gasteiger partial charge < -0.3 is 10.6 Å². The van der Waals surface area contributed by atoms with Gasteiger partial charge in [0.2, 0.25) is 0 Å². The van der Waals surface area contributed by atoms with Crippen molar-refractivity contribution in [3.05, 3.63) is 64.0 Å². The van der Waals surface area contributed by atoms with Crippen molar-refractivity contribution in [3.8, 4) is 0 Å². The molecule has 0 heterocycles. The SMILES string of the molecule is CSc1cccc(F)c1C(=O)NCCNc1ccc([N+](=O)[O-])cc1. The molecule has 2 aromatic carbocycles. The molecular formula is C16H16FN3O3S. The molecule has 6 nitrogen and oxygen atoms in total. The number of halogens is 1. The van der Waals surface area contributed by atoms with E-state index in [1.165, 1.54) is 30.0 Å². The lowest BCUT2D eigenvalue weighted by atomic mass is 10.2. The first-order valence-corrected chi connectivity index (χ1v) is 8.34. The van der Waals surface area contributed by atoms with Gasteiger partial charge in [-0.25, -0.2) is 4.39 Å². The molecule has 0 aliphatic heterocycles. The van der Waals surface area contributed by atoms with Crippen molar-refractivity contribution in [2.45, 2.75) is 4.90 Å². The molecule has 2 aromatic rings. The van der Waals surface area contributed by atoms with Crippen molar-refractivity contribution >= 4 is 29.0 Å². The van der Waals surface area contributed by atoms with Crippen LogP contribution in [0.3, 0.4) is 0 Å². The molecule has 1 amide bonds. The van der Waals surface area contributed by atoms with Gasteiger partial charge in [-0.1, -0.05) is 6.07 Å². The van der Waals surface area contributed by atoms with E-state index in [1.54, 1.807) is 30.5 Å². The summed E-state index contributed by atoms with van der Waals surface area (Å²) in [6.45, 7) is 0.699. The second kappa shape index (κ2) is 8.30. The number of nitro benzene ring substituents is 1. The summed E-state index contributed by atoms with van der Waals surface area (Å²) >= 11 is 1.31. The third-order valence-electron chi connectivity index (χ3n) is 3.24. The maximum Gasteiger partial charge on any atom is 0.269 e. The van der Waals surface area contributed by atoms with Gasteiger partial charge in [0.25, 0.3) is 11.6 Å². The minimum Gasteiger partial charge on any atom is -0.383 e. The smallest absolute Gasteiger partial charge is 0.269 e. The van der Waals surface area contributed by atoms with Gasteiger partial charge in [0.05, 0.1) is 10.5 Å². The number of hydrogen-bond donors (Lipinski definition) is 2. The number of carbonyl (C=O) groups is 1. The van der Waals surface area contributed by atoms with Crippen molar-refractivity contribution in [1.29, 1.82) is 0 Å². The Bertz CT molecular complexity index is 738. The highest BCUT2D eigenvalue weighted by atomic mass is 32.2. The molecule has 8 heteroatoms. The zero-order chi connectivity index (χ0) is 17.5. The molecule has 0 aliphatic rings. The third kappa shape index (κ3) is 4.45. The molecule has 0 saturated heterocycles. The van der Waals surface area contributed by atoms with Crippen molar-refractivity contribution in [3.63, 3.8) is 0 Å². The van der Waals surface area contributed by atoms with Crippen LogP contribution in [0.2, 0.25) is 0 Å². The first-order valence-electron chi connectivity index (χ1n) is 7.12. The van der Waals surface area contributed by atoms with Crippen LogP contribution in [-0.2, 0) is 0 Å². The van der Waals surface area contributed by atoms with E-state index in [2.05, 4.69) is 10.6 Å². The second-order valence-electron chi connectivity index (χ2n) is 4.80. The van der Waals surface area contributed by atoms with Crippen LogP contribution < -0.4 is 10.6 Å². The molecule has 24 heavy (non-hydrogen) atoms. The largest absolute Gasteiger partial charge is 0.383 e. The van der Waals surface area contributed by atoms with Gasteiger partial charge in [-0.3, -0.25) is 14.9 Å². The summed E-state index contributed by atoms with van der Waals surface area (Å²) in [7, 11) is 0. The monoisotopic (exact) mass is 349 g/mol. The number of carbonyl (C=O) groups excluding carboxylic acids is 1. The predicted octanol–water partition coefficient (Wildman–Crippen LogP) is 3.30. The zero-order valence-electron chi connectivity index (χ0n) is 12.9. The Balaban J connectivity index is 1.86. The lowest BCUT2D eigenvalue weighted by Crippen LogP contribution is -2.29. The van der Waals surface area contributed by atoms with Gasteiger partial charge >= 0.3 is 0 Å². The fourth-order valence-corrected chi connectivity index (χ4v) is 2.68. The van der Waals surface area contributed by atoms with Crippen LogP contribution in [0.5, 0.6) is 0 Å². The minimum absolute atomic E-state index is 0.0120. The third-order valence-corrected chi connectivity index (χ3v) is 4.02. The number of amides is 1. The molecular weight excluding hydrogens is 333 g/mol. The van der Waals surface area contributed by atoms with Gasteiger partial charge in [0.1, 0.15) is 5.82 Å². The molecule has 0 spiro atoms. The number of hydrogen-bond acceptors (Lipinski definition) is 5. The van der Waals surface area contributed by atoms with E-state index in [1.807, 2.05) is 0 Å². The van der Waals surface area contributed by atoms with Crippen LogP contribution in [0.4, 0.5) is 15.8 Å². The number of thioether (sulfide) groups is 1. The average Bonchev–Trinajstić information content (AvgIpc) is 2.58. The predicted molar refractivity (Wildman–Crippen MR) is 92.1 cm³/mol.